The van der Waals surface area contributed by atoms with Crippen LogP contribution in [0.3, 0.4) is 0 Å². The van der Waals surface area contributed by atoms with Crippen LogP contribution in [0.15, 0.2) is 24.3 Å². The summed E-state index contributed by atoms with van der Waals surface area (Å²) in [5.41, 5.74) is 1.87. The first-order chi connectivity index (χ1) is 10.7. The van der Waals surface area contributed by atoms with E-state index in [1.54, 1.807) is 4.90 Å². The molecule has 2 amide bonds. The lowest BCUT2D eigenvalue weighted by Crippen LogP contribution is -2.37. The van der Waals surface area contributed by atoms with Gasteiger partial charge in [0.25, 0.3) is 0 Å². The smallest absolute Gasteiger partial charge is 0.244 e. The lowest BCUT2D eigenvalue weighted by Gasteiger charge is -2.20. The molecule has 1 aliphatic rings. The van der Waals surface area contributed by atoms with E-state index in [-0.39, 0.29) is 18.4 Å². The van der Waals surface area contributed by atoms with E-state index in [4.69, 9.17) is 0 Å². The normalized spacial score (nSPS) is 15.5. The molecule has 120 valence electrons. The maximum atomic E-state index is 12.2. The van der Waals surface area contributed by atoms with Crippen molar-refractivity contribution in [1.29, 1.82) is 0 Å². The Bertz CT molecular complexity index is 516. The molecule has 0 bridgehead atoms. The zero-order valence-electron chi connectivity index (χ0n) is 13.2. The number of para-hydroxylation sites is 1. The van der Waals surface area contributed by atoms with E-state index < -0.39 is 0 Å². The fourth-order valence-electron chi connectivity index (χ4n) is 2.62. The predicted molar refractivity (Wildman–Crippen MR) is 87.5 cm³/mol. The van der Waals surface area contributed by atoms with Gasteiger partial charge < -0.3 is 15.5 Å². The molecule has 0 saturated carbocycles. The fraction of sp³-hybridized carbons (Fsp3) is 0.529. The summed E-state index contributed by atoms with van der Waals surface area (Å²) < 4.78 is 0. The van der Waals surface area contributed by atoms with E-state index in [0.717, 1.165) is 43.6 Å². The summed E-state index contributed by atoms with van der Waals surface area (Å²) in [6.45, 7) is 4.48. The molecular formula is C17H25N3O2. The first kappa shape index (κ1) is 16.5. The summed E-state index contributed by atoms with van der Waals surface area (Å²) in [5, 5.41) is 6.19. The molecular weight excluding hydrogens is 278 g/mol. The quantitative estimate of drug-likeness (QED) is 0.846. The van der Waals surface area contributed by atoms with Crippen molar-refractivity contribution in [2.75, 3.05) is 25.0 Å². The van der Waals surface area contributed by atoms with Gasteiger partial charge in [0.2, 0.25) is 11.8 Å². The third-order valence-electron chi connectivity index (χ3n) is 3.86. The van der Waals surface area contributed by atoms with Gasteiger partial charge >= 0.3 is 0 Å². The summed E-state index contributed by atoms with van der Waals surface area (Å²) in [5.74, 6) is -0.0345. The maximum Gasteiger partial charge on any atom is 0.244 e. The van der Waals surface area contributed by atoms with Gasteiger partial charge in [-0.15, -0.1) is 0 Å². The largest absolute Gasteiger partial charge is 0.333 e. The molecule has 1 aromatic carbocycles. The molecule has 0 atom stereocenters. The molecule has 1 heterocycles. The number of carbonyl (C=O) groups excluding carboxylic acids is 2. The second-order valence-electron chi connectivity index (χ2n) is 5.61. The Labute approximate surface area is 132 Å². The van der Waals surface area contributed by atoms with E-state index in [2.05, 4.69) is 10.6 Å². The Morgan fingerprint density at radius 1 is 1.23 bits per heavy atom. The number of carbonyl (C=O) groups is 2. The number of hydrogen-bond acceptors (Lipinski definition) is 3. The Morgan fingerprint density at radius 2 is 2.05 bits per heavy atom. The van der Waals surface area contributed by atoms with E-state index in [1.165, 1.54) is 0 Å². The number of rotatable bonds is 6. The van der Waals surface area contributed by atoms with Crippen molar-refractivity contribution in [3.8, 4) is 0 Å². The van der Waals surface area contributed by atoms with Crippen molar-refractivity contribution >= 4 is 17.5 Å². The van der Waals surface area contributed by atoms with Crippen LogP contribution in [0.25, 0.3) is 0 Å². The number of nitrogens with zero attached hydrogens (tertiary/aromatic N) is 1. The van der Waals surface area contributed by atoms with Gasteiger partial charge in [-0.2, -0.15) is 0 Å². The van der Waals surface area contributed by atoms with E-state index in [0.29, 0.717) is 13.0 Å². The molecule has 5 nitrogen and oxygen atoms in total. The van der Waals surface area contributed by atoms with E-state index in [9.17, 15) is 9.59 Å². The highest BCUT2D eigenvalue weighted by Crippen LogP contribution is 2.15. The van der Waals surface area contributed by atoms with Crippen LogP contribution in [-0.4, -0.2) is 36.3 Å². The topological polar surface area (TPSA) is 61.4 Å². The zero-order valence-corrected chi connectivity index (χ0v) is 13.2. The van der Waals surface area contributed by atoms with Crippen molar-refractivity contribution in [2.24, 2.45) is 0 Å². The molecule has 1 saturated heterocycles. The van der Waals surface area contributed by atoms with Crippen LogP contribution in [0, 0.1) is 0 Å². The van der Waals surface area contributed by atoms with Gasteiger partial charge in [0.15, 0.2) is 0 Å². The van der Waals surface area contributed by atoms with Gasteiger partial charge in [0.1, 0.15) is 0 Å². The van der Waals surface area contributed by atoms with Gasteiger partial charge in [-0.1, -0.05) is 31.5 Å². The van der Waals surface area contributed by atoms with Crippen LogP contribution in [0.4, 0.5) is 5.69 Å². The van der Waals surface area contributed by atoms with Crippen LogP contribution in [0.5, 0.6) is 0 Å². The Hall–Kier alpha value is -1.88. The van der Waals surface area contributed by atoms with Crippen LogP contribution < -0.4 is 10.6 Å². The van der Waals surface area contributed by atoms with Crippen LogP contribution in [0.2, 0.25) is 0 Å². The molecule has 0 spiro atoms. The number of amides is 2. The predicted octanol–water partition coefficient (Wildman–Crippen LogP) is 2.14. The highest BCUT2D eigenvalue weighted by molar-refractivity contribution is 5.95. The number of hydrogen-bond donors (Lipinski definition) is 2. The zero-order chi connectivity index (χ0) is 15.8. The second kappa shape index (κ2) is 8.54. The van der Waals surface area contributed by atoms with E-state index in [1.807, 2.05) is 31.2 Å². The van der Waals surface area contributed by atoms with Crippen molar-refractivity contribution in [2.45, 2.75) is 39.2 Å². The minimum absolute atomic E-state index is 0.0913. The first-order valence-electron chi connectivity index (χ1n) is 8.07. The minimum atomic E-state index is -0.126. The molecule has 5 heteroatoms. The Kier molecular flexibility index (Phi) is 6.40. The molecule has 22 heavy (non-hydrogen) atoms. The van der Waals surface area contributed by atoms with Crippen molar-refractivity contribution in [3.63, 3.8) is 0 Å². The number of anilines is 1. The van der Waals surface area contributed by atoms with Gasteiger partial charge in [-0.05, 0) is 31.0 Å². The summed E-state index contributed by atoms with van der Waals surface area (Å²) in [7, 11) is 0. The fourth-order valence-corrected chi connectivity index (χ4v) is 2.62. The SMILES string of the molecule is CCNCc1ccccc1NC(=O)CN1CCCCCC1=O. The first-order valence-corrected chi connectivity index (χ1v) is 8.07. The van der Waals surface area contributed by atoms with Crippen LogP contribution >= 0.6 is 0 Å². The van der Waals surface area contributed by atoms with Gasteiger partial charge in [-0.3, -0.25) is 9.59 Å². The molecule has 0 unspecified atom stereocenters. The Morgan fingerprint density at radius 3 is 2.86 bits per heavy atom. The second-order valence-corrected chi connectivity index (χ2v) is 5.61. The highest BCUT2D eigenvalue weighted by atomic mass is 16.2. The highest BCUT2D eigenvalue weighted by Gasteiger charge is 2.19. The van der Waals surface area contributed by atoms with Crippen molar-refractivity contribution < 1.29 is 9.59 Å². The third kappa shape index (κ3) is 4.84. The van der Waals surface area contributed by atoms with Crippen molar-refractivity contribution in [3.05, 3.63) is 29.8 Å². The molecule has 0 aromatic heterocycles. The van der Waals surface area contributed by atoms with Crippen molar-refractivity contribution in [1.82, 2.24) is 10.2 Å². The summed E-state index contributed by atoms with van der Waals surface area (Å²) in [6, 6.07) is 7.76. The monoisotopic (exact) mass is 303 g/mol. The molecule has 2 N–H and O–H groups in total. The summed E-state index contributed by atoms with van der Waals surface area (Å²) >= 11 is 0. The van der Waals surface area contributed by atoms with Crippen LogP contribution in [0.1, 0.15) is 38.2 Å². The molecule has 0 aliphatic carbocycles. The molecule has 1 fully saturated rings. The van der Waals surface area contributed by atoms with Gasteiger partial charge in [0.05, 0.1) is 6.54 Å². The van der Waals surface area contributed by atoms with Crippen LogP contribution in [-0.2, 0) is 16.1 Å². The van der Waals surface area contributed by atoms with Gasteiger partial charge in [-0.25, -0.2) is 0 Å². The van der Waals surface area contributed by atoms with Gasteiger partial charge in [0, 0.05) is 25.2 Å². The third-order valence-corrected chi connectivity index (χ3v) is 3.86. The minimum Gasteiger partial charge on any atom is -0.333 e. The maximum absolute atomic E-state index is 12.2. The number of benzene rings is 1. The molecule has 1 aliphatic heterocycles. The average Bonchev–Trinajstić information content (AvgIpc) is 2.71. The lowest BCUT2D eigenvalue weighted by molar-refractivity contribution is -0.134. The average molecular weight is 303 g/mol. The number of nitrogens with one attached hydrogen (secondary N) is 2. The number of likely N-dealkylation sites (tertiary alicyclic amines) is 1. The molecule has 0 radical (unpaired) electrons. The summed E-state index contributed by atoms with van der Waals surface area (Å²) in [6.07, 6.45) is 3.54. The van der Waals surface area contributed by atoms with E-state index >= 15 is 0 Å². The Balaban J connectivity index is 1.95. The standard InChI is InChI=1S/C17H25N3O2/c1-2-18-12-14-8-5-6-9-15(14)19-16(21)13-20-11-7-3-4-10-17(20)22/h5-6,8-9,18H,2-4,7,10-13H2,1H3,(H,19,21). The lowest BCUT2D eigenvalue weighted by atomic mass is 10.1. The molecule has 2 rings (SSSR count). The summed E-state index contributed by atoms with van der Waals surface area (Å²) in [4.78, 5) is 25.9. The molecule has 1 aromatic rings.